The van der Waals surface area contributed by atoms with E-state index in [2.05, 4.69) is 0 Å². The van der Waals surface area contributed by atoms with E-state index in [9.17, 15) is 0 Å². The first-order valence-corrected chi connectivity index (χ1v) is 18.8. The maximum atomic E-state index is 16.1. The molecule has 242 valence electrons. The molecule has 0 unspecified atom stereocenters. The van der Waals surface area contributed by atoms with Gasteiger partial charge in [-0.2, -0.15) is 0 Å². The van der Waals surface area contributed by atoms with E-state index >= 15 is 9.13 Å². The van der Waals surface area contributed by atoms with Crippen molar-refractivity contribution < 1.29 is 28.1 Å². The Labute approximate surface area is 281 Å². The lowest BCUT2D eigenvalue weighted by Gasteiger charge is -2.29. The molecule has 6 aromatic carbocycles. The Morgan fingerprint density at radius 2 is 0.646 bits per heavy atom. The minimum Gasteiger partial charge on any atom is -0.497 e. The maximum absolute atomic E-state index is 16.1. The van der Waals surface area contributed by atoms with Crippen molar-refractivity contribution in [2.75, 3.05) is 28.4 Å². The zero-order chi connectivity index (χ0) is 33.7. The molecule has 0 heterocycles. The van der Waals surface area contributed by atoms with Crippen LogP contribution in [0.3, 0.4) is 0 Å². The molecule has 0 aliphatic rings. The predicted molar refractivity (Wildman–Crippen MR) is 197 cm³/mol. The first-order chi connectivity index (χ1) is 23.4. The van der Waals surface area contributed by atoms with Crippen LogP contribution in [0.5, 0.6) is 23.0 Å². The fourth-order valence-corrected chi connectivity index (χ4v) is 11.9. The van der Waals surface area contributed by atoms with Crippen LogP contribution in [0.15, 0.2) is 146 Å². The molecule has 0 spiro atoms. The molecule has 6 rings (SSSR count). The van der Waals surface area contributed by atoms with E-state index < -0.39 is 14.3 Å². The van der Waals surface area contributed by atoms with Crippen LogP contribution in [-0.2, 0) is 9.13 Å². The molecule has 0 aliphatic carbocycles. The third kappa shape index (κ3) is 5.72. The summed E-state index contributed by atoms with van der Waals surface area (Å²) in [7, 11) is -1.08. The Bertz CT molecular complexity index is 1880. The molecule has 0 aromatic heterocycles. The lowest BCUT2D eigenvalue weighted by atomic mass is 10.0. The van der Waals surface area contributed by atoms with Crippen LogP contribution in [0, 0.1) is 0 Å². The second-order valence-electron chi connectivity index (χ2n) is 11.0. The molecule has 0 amide bonds. The molecule has 0 aliphatic heterocycles. The van der Waals surface area contributed by atoms with Crippen molar-refractivity contribution in [1.82, 2.24) is 0 Å². The van der Waals surface area contributed by atoms with E-state index in [4.69, 9.17) is 18.9 Å². The summed E-state index contributed by atoms with van der Waals surface area (Å²) in [5, 5.41) is 3.39. The number of ether oxygens (including phenoxy) is 4. The molecule has 0 radical (unpaired) electrons. The second-order valence-corrected chi connectivity index (χ2v) is 16.5. The highest BCUT2D eigenvalue weighted by atomic mass is 31.2. The van der Waals surface area contributed by atoms with Gasteiger partial charge < -0.3 is 28.1 Å². The normalized spacial score (nSPS) is 11.5. The van der Waals surface area contributed by atoms with Crippen LogP contribution in [-0.4, -0.2) is 28.4 Å². The maximum Gasteiger partial charge on any atom is 0.171 e. The monoisotopic (exact) mass is 674 g/mol. The highest BCUT2D eigenvalue weighted by molar-refractivity contribution is 7.86. The molecular formula is C40H36O6P2. The van der Waals surface area contributed by atoms with E-state index in [1.165, 1.54) is 0 Å². The van der Waals surface area contributed by atoms with Crippen LogP contribution in [0.25, 0.3) is 11.1 Å². The fourth-order valence-electron chi connectivity index (χ4n) is 6.12. The highest BCUT2D eigenvalue weighted by Gasteiger charge is 2.40. The van der Waals surface area contributed by atoms with Crippen molar-refractivity contribution in [3.8, 4) is 34.1 Å². The standard InChI is InChI=1S/C40H36O6P2/c1-43-29-25-35(45-3)39(37(27-29)47(41,31-17-9-5-10-18-31)32-19-11-6-12-20-32)40-36(46-4)26-30(44-2)28-38(40)48(42,33-21-13-7-14-22-33)34-23-15-8-16-24-34/h5-28H,1-4H3. The van der Waals surface area contributed by atoms with Gasteiger partial charge in [0.2, 0.25) is 0 Å². The van der Waals surface area contributed by atoms with E-state index in [1.807, 2.05) is 121 Å². The van der Waals surface area contributed by atoms with E-state index in [0.29, 0.717) is 66.0 Å². The van der Waals surface area contributed by atoms with Gasteiger partial charge in [-0.15, -0.1) is 0 Å². The topological polar surface area (TPSA) is 71.1 Å². The Morgan fingerprint density at radius 3 is 0.875 bits per heavy atom. The minimum absolute atomic E-state index is 0.383. The summed E-state index contributed by atoms with van der Waals surface area (Å²) in [6.45, 7) is 0. The van der Waals surface area contributed by atoms with Crippen molar-refractivity contribution in [1.29, 1.82) is 0 Å². The van der Waals surface area contributed by atoms with Crippen LogP contribution < -0.4 is 50.8 Å². The van der Waals surface area contributed by atoms with Gasteiger partial charge in [-0.3, -0.25) is 0 Å². The van der Waals surface area contributed by atoms with Gasteiger partial charge in [-0.25, -0.2) is 0 Å². The number of hydrogen-bond acceptors (Lipinski definition) is 6. The molecule has 0 fully saturated rings. The van der Waals surface area contributed by atoms with Gasteiger partial charge in [0.05, 0.1) is 28.4 Å². The summed E-state index contributed by atoms with van der Waals surface area (Å²) < 4.78 is 56.0. The SMILES string of the molecule is COc1cc(OC)c(-c2c(OC)cc(OC)cc2P(=O)(c2ccccc2)c2ccccc2)c(P(=O)(c2ccccc2)c2ccccc2)c1. The first-order valence-electron chi connectivity index (χ1n) is 15.4. The third-order valence-corrected chi connectivity index (χ3v) is 14.6. The molecule has 0 bridgehead atoms. The van der Waals surface area contributed by atoms with Gasteiger partial charge in [0.25, 0.3) is 0 Å². The average Bonchev–Trinajstić information content (AvgIpc) is 3.17. The molecule has 0 saturated heterocycles. The van der Waals surface area contributed by atoms with Gasteiger partial charge >= 0.3 is 0 Å². The summed E-state index contributed by atoms with van der Waals surface area (Å²) in [5.41, 5.74) is 0.965. The molecule has 8 heteroatoms. The summed E-state index contributed by atoms with van der Waals surface area (Å²) >= 11 is 0. The minimum atomic E-state index is -3.66. The van der Waals surface area contributed by atoms with Gasteiger partial charge in [-0.05, 0) is 12.1 Å². The molecule has 48 heavy (non-hydrogen) atoms. The van der Waals surface area contributed by atoms with Crippen LogP contribution in [0.2, 0.25) is 0 Å². The number of hydrogen-bond donors (Lipinski definition) is 0. The van der Waals surface area contributed by atoms with Gasteiger partial charge in [0, 0.05) is 55.1 Å². The smallest absolute Gasteiger partial charge is 0.171 e. The lowest BCUT2D eigenvalue weighted by molar-refractivity contribution is 0.392. The van der Waals surface area contributed by atoms with Crippen molar-refractivity contribution >= 4 is 46.1 Å². The zero-order valence-corrected chi connectivity index (χ0v) is 29.0. The quantitative estimate of drug-likeness (QED) is 0.143. The zero-order valence-electron chi connectivity index (χ0n) is 27.2. The Hall–Kier alpha value is -5.02. The molecule has 0 N–H and O–H groups in total. The van der Waals surface area contributed by atoms with Crippen LogP contribution in [0.1, 0.15) is 0 Å². The van der Waals surface area contributed by atoms with E-state index in [-0.39, 0.29) is 0 Å². The molecule has 0 saturated carbocycles. The van der Waals surface area contributed by atoms with Crippen LogP contribution >= 0.6 is 14.3 Å². The molecular weight excluding hydrogens is 638 g/mol. The Balaban J connectivity index is 1.84. The van der Waals surface area contributed by atoms with Crippen molar-refractivity contribution in [3.63, 3.8) is 0 Å². The summed E-state index contributed by atoms with van der Waals surface area (Å²) in [6.07, 6.45) is 0. The van der Waals surface area contributed by atoms with Crippen molar-refractivity contribution in [2.24, 2.45) is 0 Å². The summed E-state index contributed by atoms with van der Waals surface area (Å²) in [5.74, 6) is 1.68. The van der Waals surface area contributed by atoms with Crippen LogP contribution in [0.4, 0.5) is 0 Å². The Morgan fingerprint density at radius 1 is 0.375 bits per heavy atom. The number of methoxy groups -OCH3 is 4. The largest absolute Gasteiger partial charge is 0.497 e. The first kappa shape index (κ1) is 32.9. The number of rotatable bonds is 11. The van der Waals surface area contributed by atoms with Gasteiger partial charge in [0.1, 0.15) is 23.0 Å². The fraction of sp³-hybridized carbons (Fsp3) is 0.100. The molecule has 6 aromatic rings. The van der Waals surface area contributed by atoms with Crippen molar-refractivity contribution in [3.05, 3.63) is 146 Å². The number of benzene rings is 6. The Kier molecular flexibility index (Phi) is 9.59. The van der Waals surface area contributed by atoms with Gasteiger partial charge in [0.15, 0.2) is 14.3 Å². The highest BCUT2D eigenvalue weighted by Crippen LogP contribution is 2.54. The molecule has 6 nitrogen and oxygen atoms in total. The average molecular weight is 675 g/mol. The predicted octanol–water partition coefficient (Wildman–Crippen LogP) is 6.67. The lowest BCUT2D eigenvalue weighted by Crippen LogP contribution is -2.30. The van der Waals surface area contributed by atoms with E-state index in [1.54, 1.807) is 52.7 Å². The van der Waals surface area contributed by atoms with Crippen molar-refractivity contribution in [2.45, 2.75) is 0 Å². The molecule has 0 atom stereocenters. The summed E-state index contributed by atoms with van der Waals surface area (Å²) in [6, 6.07) is 44.6. The second kappa shape index (κ2) is 14.0. The summed E-state index contributed by atoms with van der Waals surface area (Å²) in [4.78, 5) is 0. The third-order valence-electron chi connectivity index (χ3n) is 8.43. The van der Waals surface area contributed by atoms with Gasteiger partial charge in [-0.1, -0.05) is 121 Å². The van der Waals surface area contributed by atoms with E-state index in [0.717, 1.165) is 0 Å².